The minimum Gasteiger partial charge on any atom is -0.497 e. The normalized spacial score (nSPS) is 22.7. The van der Waals surface area contributed by atoms with Crippen LogP contribution in [0.5, 0.6) is 5.75 Å². The van der Waals surface area contributed by atoms with Crippen molar-refractivity contribution < 1.29 is 19.0 Å². The number of epoxide rings is 1. The lowest BCUT2D eigenvalue weighted by Crippen LogP contribution is -2.57. The van der Waals surface area contributed by atoms with E-state index < -0.39 is 5.60 Å². The summed E-state index contributed by atoms with van der Waals surface area (Å²) in [5.41, 5.74) is 0.415. The predicted molar refractivity (Wildman–Crippen MR) is 77.4 cm³/mol. The summed E-state index contributed by atoms with van der Waals surface area (Å²) in [7, 11) is 1.65. The maximum atomic E-state index is 11.9. The third-order valence-corrected chi connectivity index (χ3v) is 3.74. The van der Waals surface area contributed by atoms with Crippen LogP contribution in [0.25, 0.3) is 0 Å². The molecule has 5 nitrogen and oxygen atoms in total. The van der Waals surface area contributed by atoms with Crippen molar-refractivity contribution in [1.29, 1.82) is 0 Å². The maximum absolute atomic E-state index is 11.9. The number of hydrogen-bond acceptors (Lipinski definition) is 4. The average Bonchev–Trinajstić information content (AvgIpc) is 3.10. The lowest BCUT2D eigenvalue weighted by Gasteiger charge is -2.38. The van der Waals surface area contributed by atoms with Gasteiger partial charge in [0.15, 0.2) is 0 Å². The fourth-order valence-electron chi connectivity index (χ4n) is 2.67. The van der Waals surface area contributed by atoms with E-state index in [0.29, 0.717) is 13.1 Å². The van der Waals surface area contributed by atoms with Crippen LogP contribution in [0.4, 0.5) is 4.79 Å². The highest BCUT2D eigenvalue weighted by atomic mass is 16.6. The molecule has 1 unspecified atom stereocenters. The van der Waals surface area contributed by atoms with Gasteiger partial charge in [-0.25, -0.2) is 4.79 Å². The largest absolute Gasteiger partial charge is 0.497 e. The van der Waals surface area contributed by atoms with Gasteiger partial charge in [-0.1, -0.05) is 12.1 Å². The number of nitrogens with zero attached hydrogens (tertiary/aromatic N) is 1. The molecule has 21 heavy (non-hydrogen) atoms. The third kappa shape index (κ3) is 2.70. The first-order chi connectivity index (χ1) is 9.83. The predicted octanol–water partition coefficient (Wildman–Crippen LogP) is 2.76. The van der Waals surface area contributed by atoms with Gasteiger partial charge in [-0.2, -0.15) is 0 Å². The van der Waals surface area contributed by atoms with Gasteiger partial charge in [0.05, 0.1) is 20.2 Å². The highest BCUT2D eigenvalue weighted by molar-refractivity contribution is 5.70. The average molecular weight is 291 g/mol. The molecule has 1 atom stereocenters. The molecule has 3 rings (SSSR count). The summed E-state index contributed by atoms with van der Waals surface area (Å²) in [6.45, 7) is 6.78. The van der Waals surface area contributed by atoms with Gasteiger partial charge in [-0.05, 0) is 38.5 Å². The monoisotopic (exact) mass is 291 g/mol. The molecule has 0 aliphatic carbocycles. The Morgan fingerprint density at radius 1 is 1.38 bits per heavy atom. The summed E-state index contributed by atoms with van der Waals surface area (Å²) in [4.78, 5) is 13.6. The summed E-state index contributed by atoms with van der Waals surface area (Å²) >= 11 is 0. The molecule has 0 radical (unpaired) electrons. The second-order valence-electron chi connectivity index (χ2n) is 6.68. The molecule has 0 aromatic heterocycles. The number of rotatable bonds is 2. The summed E-state index contributed by atoms with van der Waals surface area (Å²) < 4.78 is 16.4. The number of benzene rings is 1. The number of carbonyl (C=O) groups excluding carboxylic acids is 1. The quantitative estimate of drug-likeness (QED) is 0.786. The second kappa shape index (κ2) is 4.63. The lowest BCUT2D eigenvalue weighted by molar-refractivity contribution is -0.00905. The van der Waals surface area contributed by atoms with Crippen LogP contribution in [0.2, 0.25) is 0 Å². The Balaban J connectivity index is 1.58. The zero-order valence-electron chi connectivity index (χ0n) is 12.9. The molecule has 5 heteroatoms. The SMILES string of the molecule is COc1cccc(C2OC23CN(C(=O)OC(C)(C)C)C3)c1. The first-order valence-corrected chi connectivity index (χ1v) is 7.13. The van der Waals surface area contributed by atoms with E-state index in [0.717, 1.165) is 11.3 Å². The van der Waals surface area contributed by atoms with Gasteiger partial charge >= 0.3 is 6.09 Å². The van der Waals surface area contributed by atoms with Gasteiger partial charge in [-0.15, -0.1) is 0 Å². The molecular formula is C16H21NO4. The van der Waals surface area contributed by atoms with E-state index in [1.165, 1.54) is 0 Å². The zero-order valence-corrected chi connectivity index (χ0v) is 12.9. The van der Waals surface area contributed by atoms with E-state index in [9.17, 15) is 4.79 Å². The molecule has 2 heterocycles. The van der Waals surface area contributed by atoms with Crippen molar-refractivity contribution in [3.63, 3.8) is 0 Å². The van der Waals surface area contributed by atoms with Gasteiger partial charge < -0.3 is 19.1 Å². The summed E-state index contributed by atoms with van der Waals surface area (Å²) in [5, 5.41) is 0. The summed E-state index contributed by atoms with van der Waals surface area (Å²) in [5.74, 6) is 0.821. The molecule has 1 aromatic rings. The fourth-order valence-corrected chi connectivity index (χ4v) is 2.67. The van der Waals surface area contributed by atoms with Crippen LogP contribution < -0.4 is 4.74 Å². The molecule has 1 amide bonds. The molecule has 2 aliphatic rings. The summed E-state index contributed by atoms with van der Waals surface area (Å²) in [6.07, 6.45) is -0.223. The van der Waals surface area contributed by atoms with Gasteiger partial charge in [0.1, 0.15) is 23.1 Å². The molecule has 1 spiro atoms. The van der Waals surface area contributed by atoms with E-state index in [-0.39, 0.29) is 17.8 Å². The van der Waals surface area contributed by atoms with Crippen molar-refractivity contribution in [2.75, 3.05) is 20.2 Å². The first kappa shape index (κ1) is 14.2. The smallest absolute Gasteiger partial charge is 0.410 e. The standard InChI is InChI=1S/C16H21NO4/c1-15(2,3)21-14(18)17-9-16(10-17)13(20-16)11-6-5-7-12(8-11)19-4/h5-8,13H,9-10H2,1-4H3. The van der Waals surface area contributed by atoms with Crippen molar-refractivity contribution in [2.45, 2.75) is 38.1 Å². The fraction of sp³-hybridized carbons (Fsp3) is 0.562. The molecule has 114 valence electrons. The van der Waals surface area contributed by atoms with Crippen molar-refractivity contribution in [3.05, 3.63) is 29.8 Å². The number of carbonyl (C=O) groups is 1. The molecular weight excluding hydrogens is 270 g/mol. The van der Waals surface area contributed by atoms with Crippen molar-refractivity contribution in [2.24, 2.45) is 0 Å². The Morgan fingerprint density at radius 3 is 2.71 bits per heavy atom. The van der Waals surface area contributed by atoms with Crippen LogP contribution in [0.1, 0.15) is 32.4 Å². The van der Waals surface area contributed by atoms with Crippen LogP contribution in [0.3, 0.4) is 0 Å². The van der Waals surface area contributed by atoms with Crippen LogP contribution in [0, 0.1) is 0 Å². The van der Waals surface area contributed by atoms with E-state index in [2.05, 4.69) is 0 Å². The maximum Gasteiger partial charge on any atom is 0.410 e. The number of hydrogen-bond donors (Lipinski definition) is 0. The molecule has 0 saturated carbocycles. The minimum atomic E-state index is -0.462. The van der Waals surface area contributed by atoms with Crippen LogP contribution in [0.15, 0.2) is 24.3 Å². The molecule has 2 fully saturated rings. The molecule has 2 aliphatic heterocycles. The second-order valence-corrected chi connectivity index (χ2v) is 6.68. The number of amides is 1. The molecule has 2 saturated heterocycles. The van der Waals surface area contributed by atoms with Gasteiger partial charge in [0, 0.05) is 0 Å². The lowest BCUT2D eigenvalue weighted by atomic mass is 9.92. The van der Waals surface area contributed by atoms with Gasteiger partial charge in [0.25, 0.3) is 0 Å². The van der Waals surface area contributed by atoms with Crippen LogP contribution >= 0.6 is 0 Å². The number of likely N-dealkylation sites (tertiary alicyclic amines) is 1. The minimum absolute atomic E-state index is 0.0475. The van der Waals surface area contributed by atoms with E-state index in [1.807, 2.05) is 45.0 Å². The van der Waals surface area contributed by atoms with Crippen molar-refractivity contribution in [3.8, 4) is 5.75 Å². The van der Waals surface area contributed by atoms with Gasteiger partial charge in [-0.3, -0.25) is 0 Å². The van der Waals surface area contributed by atoms with E-state index in [4.69, 9.17) is 14.2 Å². The Kier molecular flexibility index (Phi) is 3.13. The third-order valence-electron chi connectivity index (χ3n) is 3.74. The molecule has 0 N–H and O–H groups in total. The van der Waals surface area contributed by atoms with E-state index in [1.54, 1.807) is 12.0 Å². The molecule has 0 bridgehead atoms. The van der Waals surface area contributed by atoms with Gasteiger partial charge in [0.2, 0.25) is 0 Å². The Hall–Kier alpha value is -1.75. The molecule has 1 aromatic carbocycles. The summed E-state index contributed by atoms with van der Waals surface area (Å²) in [6, 6.07) is 7.87. The Morgan fingerprint density at radius 2 is 2.10 bits per heavy atom. The highest BCUT2D eigenvalue weighted by Gasteiger charge is 2.66. The Labute approximate surface area is 124 Å². The van der Waals surface area contributed by atoms with Crippen LogP contribution in [-0.4, -0.2) is 42.4 Å². The highest BCUT2D eigenvalue weighted by Crippen LogP contribution is 2.55. The number of ether oxygens (including phenoxy) is 3. The van der Waals surface area contributed by atoms with Crippen molar-refractivity contribution in [1.82, 2.24) is 4.90 Å². The Bertz CT molecular complexity index is 558. The van der Waals surface area contributed by atoms with Crippen molar-refractivity contribution >= 4 is 6.09 Å². The van der Waals surface area contributed by atoms with E-state index >= 15 is 0 Å². The van der Waals surface area contributed by atoms with Crippen LogP contribution in [-0.2, 0) is 9.47 Å². The first-order valence-electron chi connectivity index (χ1n) is 7.13. The zero-order chi connectivity index (χ0) is 15.3. The topological polar surface area (TPSA) is 51.3 Å². The number of methoxy groups -OCH3 is 1.